The van der Waals surface area contributed by atoms with E-state index in [0.29, 0.717) is 0 Å². The molecular weight excluding hydrogens is 1050 g/mol. The molecule has 0 bridgehead atoms. The minimum Gasteiger partial charge on any atom is -0.478 e. The maximum absolute atomic E-state index is 14.2. The Kier molecular flexibility index (Phi) is 14.1. The van der Waals surface area contributed by atoms with Gasteiger partial charge in [0.25, 0.3) is 17.1 Å². The van der Waals surface area contributed by atoms with Crippen LogP contribution in [0.1, 0.15) is 66.9 Å². The highest BCUT2D eigenvalue weighted by molar-refractivity contribution is 6.35. The van der Waals surface area contributed by atoms with Crippen LogP contribution in [0.3, 0.4) is 0 Å². The Morgan fingerprint density at radius 3 is 1.39 bits per heavy atom. The molecule has 366 valence electrons. The van der Waals surface area contributed by atoms with E-state index in [-0.39, 0.29) is 87.4 Å². The molecule has 0 aliphatic carbocycles. The highest BCUT2D eigenvalue weighted by Gasteiger charge is 2.63. The van der Waals surface area contributed by atoms with E-state index < -0.39 is 61.0 Å². The number of oxime groups is 2. The predicted octanol–water partition coefficient (Wildman–Crippen LogP) is 11.3. The summed E-state index contributed by atoms with van der Waals surface area (Å²) < 4.78 is 124. The summed E-state index contributed by atoms with van der Waals surface area (Å²) in [5.41, 5.74) is -6.08. The first-order chi connectivity index (χ1) is 33.3. The minimum atomic E-state index is -4.91. The molecule has 2 aliphatic heterocycles. The Labute approximate surface area is 412 Å². The van der Waals surface area contributed by atoms with Crippen LogP contribution in [0.2, 0.25) is 20.1 Å². The van der Waals surface area contributed by atoms with E-state index in [1.165, 1.54) is 59.4 Å². The van der Waals surface area contributed by atoms with Gasteiger partial charge in [-0.25, -0.2) is 14.2 Å². The fraction of sp³-hybridized carbons (Fsp3) is 0.182. The number of aromatic nitrogens is 4. The monoisotopic (exact) mass is 1070 g/mol. The number of aromatic carboxylic acids is 1. The van der Waals surface area contributed by atoms with Crippen LogP contribution < -0.4 is 5.32 Å². The van der Waals surface area contributed by atoms with E-state index in [2.05, 4.69) is 20.5 Å². The summed E-state index contributed by atoms with van der Waals surface area (Å²) in [6.45, 7) is -1.54. The van der Waals surface area contributed by atoms with Gasteiger partial charge in [0.05, 0.1) is 57.4 Å². The Hall–Kier alpha value is -7.31. The van der Waals surface area contributed by atoms with Crippen molar-refractivity contribution >= 4 is 69.7 Å². The number of carbonyl (C=O) groups is 2. The number of carbonyl (C=O) groups excluding carboxylic acids is 1. The van der Waals surface area contributed by atoms with Crippen molar-refractivity contribution in [2.45, 2.75) is 42.6 Å². The molecule has 4 heterocycles. The van der Waals surface area contributed by atoms with Crippen LogP contribution in [-0.2, 0) is 20.9 Å². The fourth-order valence-electron chi connectivity index (χ4n) is 7.12. The Bertz CT molecular complexity index is 3210. The van der Waals surface area contributed by atoms with Gasteiger partial charge in [0.2, 0.25) is 0 Å². The average molecular weight is 1070 g/mol. The molecule has 2 atom stereocenters. The van der Waals surface area contributed by atoms with Gasteiger partial charge in [-0.15, -0.1) is 0 Å². The number of nitriles is 2. The number of alkyl halides is 9. The summed E-state index contributed by atoms with van der Waals surface area (Å²) in [7, 11) is 0. The first-order valence-electron chi connectivity index (χ1n) is 19.6. The summed E-state index contributed by atoms with van der Waals surface area (Å²) in [6.07, 6.45) is -11.4. The molecule has 0 spiro atoms. The smallest absolute Gasteiger partial charge is 0.435 e. The number of benzene rings is 4. The first kappa shape index (κ1) is 51.5. The Morgan fingerprint density at radius 2 is 1.04 bits per heavy atom. The number of nitrogens with one attached hydrogen (secondary N) is 1. The summed E-state index contributed by atoms with van der Waals surface area (Å²) in [6, 6.07) is 18.9. The van der Waals surface area contributed by atoms with Crippen LogP contribution in [0.15, 0.2) is 108 Å². The van der Waals surface area contributed by atoms with Crippen molar-refractivity contribution < 1.29 is 63.9 Å². The van der Waals surface area contributed by atoms with E-state index in [1.807, 2.05) is 12.1 Å². The largest absolute Gasteiger partial charge is 0.478 e. The molecule has 6 aromatic rings. The lowest BCUT2D eigenvalue weighted by molar-refractivity contribution is -0.276. The lowest BCUT2D eigenvalue weighted by atomic mass is 9.86. The number of amides is 1. The topological polar surface area (TPSA) is 193 Å². The molecule has 4 aromatic carbocycles. The second kappa shape index (κ2) is 19.5. The maximum Gasteiger partial charge on any atom is 0.435 e. The molecule has 8 rings (SSSR count). The van der Waals surface area contributed by atoms with Crippen LogP contribution in [0, 0.1) is 22.7 Å². The molecule has 71 heavy (non-hydrogen) atoms. The molecular formula is C44H24Cl4F9N9O5. The SMILES string of the molecule is N#Cc1cc(C2=NOC(c3cc(Cl)cc(Cl)c3)(C(F)(F)F)C2)ccc1-n1cc(C(=O)NCC(F)(F)F)cn1.N#Cc1cc(C2=NOC(c3cc(Cl)cc(Cl)c3)(C(F)(F)F)C2)ccc1-n1cc(C(=O)O)cn1. The van der Waals surface area contributed by atoms with Crippen molar-refractivity contribution in [3.8, 4) is 23.5 Å². The maximum atomic E-state index is 14.2. The van der Waals surface area contributed by atoms with E-state index >= 15 is 0 Å². The van der Waals surface area contributed by atoms with E-state index in [9.17, 15) is 59.6 Å². The summed E-state index contributed by atoms with van der Waals surface area (Å²) in [5, 5.41) is 45.0. The molecule has 0 radical (unpaired) electrons. The van der Waals surface area contributed by atoms with Crippen molar-refractivity contribution in [1.29, 1.82) is 10.5 Å². The summed E-state index contributed by atoms with van der Waals surface area (Å²) in [4.78, 5) is 32.9. The highest BCUT2D eigenvalue weighted by Crippen LogP contribution is 2.51. The van der Waals surface area contributed by atoms with Gasteiger partial charge in [-0.05, 0) is 60.7 Å². The molecule has 1 amide bonds. The van der Waals surface area contributed by atoms with Gasteiger partial charge < -0.3 is 20.1 Å². The van der Waals surface area contributed by atoms with Gasteiger partial charge in [0.15, 0.2) is 0 Å². The zero-order valence-electron chi connectivity index (χ0n) is 34.9. The van der Waals surface area contributed by atoms with E-state index in [4.69, 9.17) is 61.2 Å². The number of hydrogen-bond donors (Lipinski definition) is 2. The molecule has 0 saturated carbocycles. The van der Waals surface area contributed by atoms with E-state index in [0.717, 1.165) is 47.5 Å². The van der Waals surface area contributed by atoms with Crippen LogP contribution in [-0.4, -0.2) is 73.0 Å². The van der Waals surface area contributed by atoms with Crippen LogP contribution >= 0.6 is 46.4 Å². The van der Waals surface area contributed by atoms with Crippen LogP contribution in [0.25, 0.3) is 11.4 Å². The van der Waals surface area contributed by atoms with Crippen molar-refractivity contribution in [3.63, 3.8) is 0 Å². The number of rotatable bonds is 9. The number of nitrogens with zero attached hydrogens (tertiary/aromatic N) is 8. The third-order valence-corrected chi connectivity index (χ3v) is 11.4. The van der Waals surface area contributed by atoms with Gasteiger partial charge in [0.1, 0.15) is 18.7 Å². The fourth-order valence-corrected chi connectivity index (χ4v) is 8.17. The minimum absolute atomic E-state index is 0.00856. The van der Waals surface area contributed by atoms with Crippen molar-refractivity contribution in [2.75, 3.05) is 6.54 Å². The number of halogens is 13. The Morgan fingerprint density at radius 1 is 0.648 bits per heavy atom. The van der Waals surface area contributed by atoms with Crippen molar-refractivity contribution in [1.82, 2.24) is 24.9 Å². The molecule has 2 aromatic heterocycles. The summed E-state index contributed by atoms with van der Waals surface area (Å²) >= 11 is 23.6. The summed E-state index contributed by atoms with van der Waals surface area (Å²) in [5.74, 6) is -2.23. The lowest BCUT2D eigenvalue weighted by Crippen LogP contribution is -2.42. The average Bonchev–Trinajstić information content (AvgIpc) is 4.14. The zero-order valence-corrected chi connectivity index (χ0v) is 38.0. The molecule has 2 unspecified atom stereocenters. The number of carboxylic acids is 1. The highest BCUT2D eigenvalue weighted by atomic mass is 35.5. The first-order valence-corrected chi connectivity index (χ1v) is 21.1. The van der Waals surface area contributed by atoms with Gasteiger partial charge in [-0.3, -0.25) is 4.79 Å². The molecule has 0 saturated heterocycles. The van der Waals surface area contributed by atoms with Gasteiger partial charge in [0, 0.05) is 67.6 Å². The standard InChI is InChI=1S/C23H13Cl2F6N5O2.C21H11Cl2F3N4O3/c24-16-4-15(5-17(25)6-16)21(23(29,30)31)7-18(35-38-21)12-1-2-19(13(3-12)8-32)36-10-14(9-34-36)20(37)33-11-22(26,27)28;22-15-4-14(5-16(23)6-15)20(21(24,25)26)7-17(29-33-20)11-1-2-18(12(3-11)8-27)30-10-13(9-28-30)19(31)32/h1-6,9-10H,7,11H2,(H,33,37);1-6,9-10H,7H2,(H,31,32). The number of hydrogen-bond acceptors (Lipinski definition) is 10. The molecule has 27 heteroatoms. The lowest BCUT2D eigenvalue weighted by Gasteiger charge is -2.29. The second-order valence-corrected chi connectivity index (χ2v) is 17.0. The van der Waals surface area contributed by atoms with Gasteiger partial charge >= 0.3 is 24.5 Å². The van der Waals surface area contributed by atoms with Gasteiger partial charge in [-0.1, -0.05) is 68.8 Å². The third-order valence-electron chi connectivity index (χ3n) is 10.5. The molecule has 2 aliphatic rings. The normalized spacial score (nSPS) is 17.7. The van der Waals surface area contributed by atoms with Gasteiger partial charge in [-0.2, -0.15) is 60.2 Å². The zero-order chi connectivity index (χ0) is 51.8. The second-order valence-electron chi connectivity index (χ2n) is 15.2. The molecule has 2 N–H and O–H groups in total. The van der Waals surface area contributed by atoms with Crippen LogP contribution in [0.4, 0.5) is 39.5 Å². The Balaban J connectivity index is 0.000000211. The van der Waals surface area contributed by atoms with Crippen molar-refractivity contribution in [3.05, 3.63) is 162 Å². The molecule has 14 nitrogen and oxygen atoms in total. The third kappa shape index (κ3) is 10.7. The predicted molar refractivity (Wildman–Crippen MR) is 235 cm³/mol. The quantitative estimate of drug-likeness (QED) is 0.133. The van der Waals surface area contributed by atoms with Crippen LogP contribution in [0.5, 0.6) is 0 Å². The number of carboxylic acid groups (broad SMARTS) is 1. The van der Waals surface area contributed by atoms with E-state index in [1.54, 1.807) is 5.32 Å². The van der Waals surface area contributed by atoms with Crippen molar-refractivity contribution in [2.24, 2.45) is 10.3 Å². The molecule has 0 fully saturated rings.